The van der Waals surface area contributed by atoms with E-state index in [0.29, 0.717) is 18.1 Å². The molecule has 108 valence electrons. The van der Waals surface area contributed by atoms with Gasteiger partial charge in [-0.2, -0.15) is 0 Å². The van der Waals surface area contributed by atoms with Crippen LogP contribution in [0.2, 0.25) is 5.02 Å². The first-order chi connectivity index (χ1) is 8.99. The molecule has 0 aromatic heterocycles. The van der Waals surface area contributed by atoms with Gasteiger partial charge in [-0.05, 0) is 43.9 Å². The van der Waals surface area contributed by atoms with Crippen LogP contribution in [0.3, 0.4) is 0 Å². The van der Waals surface area contributed by atoms with Crippen molar-refractivity contribution in [3.8, 4) is 0 Å². The average molecular weight is 288 g/mol. The van der Waals surface area contributed by atoms with Gasteiger partial charge in [-0.3, -0.25) is 0 Å². The van der Waals surface area contributed by atoms with Crippen molar-refractivity contribution in [3.63, 3.8) is 0 Å². The smallest absolute Gasteiger partial charge is 0.124 e. The van der Waals surface area contributed by atoms with Crippen LogP contribution in [0, 0.1) is 5.82 Å². The molecule has 0 saturated heterocycles. The highest BCUT2D eigenvalue weighted by Gasteiger charge is 2.34. The van der Waals surface area contributed by atoms with E-state index in [2.05, 4.69) is 13.8 Å². The van der Waals surface area contributed by atoms with Gasteiger partial charge in [0.25, 0.3) is 0 Å². The maximum absolute atomic E-state index is 13.0. The van der Waals surface area contributed by atoms with Crippen LogP contribution in [0.1, 0.15) is 39.2 Å². The van der Waals surface area contributed by atoms with Crippen molar-refractivity contribution in [2.45, 2.75) is 51.7 Å². The van der Waals surface area contributed by atoms with Crippen LogP contribution in [0.25, 0.3) is 0 Å². The zero-order chi connectivity index (χ0) is 14.5. The Morgan fingerprint density at radius 2 is 1.95 bits per heavy atom. The highest BCUT2D eigenvalue weighted by atomic mass is 35.5. The number of benzene rings is 1. The van der Waals surface area contributed by atoms with Gasteiger partial charge in [0, 0.05) is 17.7 Å². The quantitative estimate of drug-likeness (QED) is 0.824. The van der Waals surface area contributed by atoms with E-state index in [-0.39, 0.29) is 17.5 Å². The van der Waals surface area contributed by atoms with Gasteiger partial charge in [-0.25, -0.2) is 4.39 Å². The van der Waals surface area contributed by atoms with Gasteiger partial charge in [0.1, 0.15) is 5.82 Å². The molecular weight excluding hydrogens is 265 g/mol. The fourth-order valence-corrected chi connectivity index (χ4v) is 2.73. The van der Waals surface area contributed by atoms with Crippen LogP contribution in [-0.2, 0) is 11.2 Å². The highest BCUT2D eigenvalue weighted by Crippen LogP contribution is 2.28. The molecule has 2 nitrogen and oxygen atoms in total. The molecule has 0 aliphatic rings. The molecule has 1 aromatic carbocycles. The zero-order valence-electron chi connectivity index (χ0n) is 11.9. The van der Waals surface area contributed by atoms with E-state index in [1.807, 2.05) is 6.92 Å². The maximum Gasteiger partial charge on any atom is 0.124 e. The molecule has 0 bridgehead atoms. The summed E-state index contributed by atoms with van der Waals surface area (Å²) in [6.07, 6.45) is 2.27. The van der Waals surface area contributed by atoms with Crippen molar-refractivity contribution < 1.29 is 9.13 Å². The van der Waals surface area contributed by atoms with Crippen LogP contribution >= 0.6 is 11.6 Å². The summed E-state index contributed by atoms with van der Waals surface area (Å²) in [5.41, 5.74) is 6.84. The predicted molar refractivity (Wildman–Crippen MR) is 78.0 cm³/mol. The van der Waals surface area contributed by atoms with Crippen molar-refractivity contribution in [3.05, 3.63) is 34.6 Å². The third kappa shape index (κ3) is 3.91. The van der Waals surface area contributed by atoms with Crippen LogP contribution in [-0.4, -0.2) is 18.2 Å². The van der Waals surface area contributed by atoms with Gasteiger partial charge in [0.2, 0.25) is 0 Å². The Morgan fingerprint density at radius 3 is 2.42 bits per heavy atom. The molecule has 0 aliphatic carbocycles. The molecule has 1 atom stereocenters. The van der Waals surface area contributed by atoms with E-state index in [0.717, 1.165) is 18.4 Å². The third-order valence-electron chi connectivity index (χ3n) is 3.76. The largest absolute Gasteiger partial charge is 0.374 e. The number of ether oxygens (including phenoxy) is 1. The topological polar surface area (TPSA) is 35.2 Å². The first kappa shape index (κ1) is 16.4. The molecule has 1 unspecified atom stereocenters. The summed E-state index contributed by atoms with van der Waals surface area (Å²) in [5, 5.41) is 0.424. The lowest BCUT2D eigenvalue weighted by molar-refractivity contribution is -0.0633. The van der Waals surface area contributed by atoms with Crippen LogP contribution in [0.15, 0.2) is 18.2 Å². The molecule has 4 heteroatoms. The number of nitrogens with two attached hydrogens (primary N) is 1. The molecule has 0 radical (unpaired) electrons. The van der Waals surface area contributed by atoms with Gasteiger partial charge in [-0.15, -0.1) is 0 Å². The lowest BCUT2D eigenvalue weighted by Gasteiger charge is -2.37. The molecule has 0 amide bonds. The minimum atomic E-state index is -0.341. The lowest BCUT2D eigenvalue weighted by Crippen LogP contribution is -2.50. The molecule has 1 aromatic rings. The van der Waals surface area contributed by atoms with Crippen molar-refractivity contribution in [2.24, 2.45) is 5.73 Å². The van der Waals surface area contributed by atoms with E-state index in [1.165, 1.54) is 12.1 Å². The lowest BCUT2D eigenvalue weighted by atomic mass is 9.85. The Kier molecular flexibility index (Phi) is 6.24. The Morgan fingerprint density at radius 1 is 1.32 bits per heavy atom. The van der Waals surface area contributed by atoms with Gasteiger partial charge in [0.05, 0.1) is 5.60 Å². The minimum Gasteiger partial charge on any atom is -0.374 e. The minimum absolute atomic E-state index is 0.162. The summed E-state index contributed by atoms with van der Waals surface area (Å²) in [6.45, 7) is 6.75. The van der Waals surface area contributed by atoms with Gasteiger partial charge >= 0.3 is 0 Å². The monoisotopic (exact) mass is 287 g/mol. The molecule has 2 N–H and O–H groups in total. The third-order valence-corrected chi connectivity index (χ3v) is 4.11. The van der Waals surface area contributed by atoms with Crippen LogP contribution < -0.4 is 5.73 Å². The molecule has 0 saturated carbocycles. The fourth-order valence-electron chi connectivity index (χ4n) is 2.48. The van der Waals surface area contributed by atoms with Crippen LogP contribution in [0.5, 0.6) is 0 Å². The molecule has 0 spiro atoms. The fraction of sp³-hybridized carbons (Fsp3) is 0.600. The normalized spacial score (nSPS) is 13.6. The Bertz CT molecular complexity index is 407. The summed E-state index contributed by atoms with van der Waals surface area (Å²) in [5.74, 6) is -0.329. The van der Waals surface area contributed by atoms with Crippen molar-refractivity contribution >= 4 is 11.6 Å². The van der Waals surface area contributed by atoms with E-state index >= 15 is 0 Å². The van der Waals surface area contributed by atoms with Gasteiger partial charge in [-0.1, -0.05) is 31.5 Å². The molecule has 19 heavy (non-hydrogen) atoms. The second kappa shape index (κ2) is 7.22. The first-order valence-corrected chi connectivity index (χ1v) is 7.20. The number of hydrogen-bond acceptors (Lipinski definition) is 2. The van der Waals surface area contributed by atoms with E-state index in [4.69, 9.17) is 22.1 Å². The Balaban J connectivity index is 2.89. The number of rotatable bonds is 7. The summed E-state index contributed by atoms with van der Waals surface area (Å²) >= 11 is 6.05. The van der Waals surface area contributed by atoms with Crippen molar-refractivity contribution in [2.75, 3.05) is 6.61 Å². The van der Waals surface area contributed by atoms with Gasteiger partial charge in [0.15, 0.2) is 0 Å². The Labute approximate surface area is 120 Å². The highest BCUT2D eigenvalue weighted by molar-refractivity contribution is 6.31. The summed E-state index contributed by atoms with van der Waals surface area (Å²) in [6, 6.07) is 4.27. The van der Waals surface area contributed by atoms with Crippen molar-refractivity contribution in [1.29, 1.82) is 0 Å². The van der Waals surface area contributed by atoms with E-state index in [9.17, 15) is 4.39 Å². The molecule has 0 fully saturated rings. The Hall–Kier alpha value is -0.640. The second-order valence-corrected chi connectivity index (χ2v) is 5.16. The molecule has 0 aliphatic heterocycles. The molecule has 0 heterocycles. The van der Waals surface area contributed by atoms with E-state index < -0.39 is 0 Å². The zero-order valence-corrected chi connectivity index (χ0v) is 12.6. The average Bonchev–Trinajstić information content (AvgIpc) is 2.39. The van der Waals surface area contributed by atoms with Gasteiger partial charge < -0.3 is 10.5 Å². The summed E-state index contributed by atoms with van der Waals surface area (Å²) < 4.78 is 18.9. The number of halogens is 2. The maximum atomic E-state index is 13.0. The SMILES string of the molecule is CCOC(CC)(CC)C(N)Cc1ccc(F)cc1Cl. The molecule has 1 rings (SSSR count). The van der Waals surface area contributed by atoms with E-state index in [1.54, 1.807) is 6.07 Å². The predicted octanol–water partition coefficient (Wildman–Crippen LogP) is 3.94. The summed E-state index contributed by atoms with van der Waals surface area (Å²) in [4.78, 5) is 0. The summed E-state index contributed by atoms with van der Waals surface area (Å²) in [7, 11) is 0. The van der Waals surface area contributed by atoms with Crippen molar-refractivity contribution in [1.82, 2.24) is 0 Å². The standard InChI is InChI=1S/C15H23ClFNO/c1-4-15(5-2,19-6-3)14(18)9-11-7-8-12(17)10-13(11)16/h7-8,10,14H,4-6,9,18H2,1-3H3. The van der Waals surface area contributed by atoms with Crippen LogP contribution in [0.4, 0.5) is 4.39 Å². The molecular formula is C15H23ClFNO. The second-order valence-electron chi connectivity index (χ2n) is 4.75. The first-order valence-electron chi connectivity index (χ1n) is 6.82. The number of hydrogen-bond donors (Lipinski definition) is 1.